The number of methoxy groups -OCH3 is 1. The molecule has 1 saturated heterocycles. The zero-order chi connectivity index (χ0) is 19.4. The van der Waals surface area contributed by atoms with E-state index < -0.39 is 11.8 Å². The SMILES string of the molecule is CC[C@@H](C)NC(=O)[C@H]1COC2(CCCCC2)N1C(=O)c1cccc(OC)c1. The summed E-state index contributed by atoms with van der Waals surface area (Å²) in [7, 11) is 1.58. The molecule has 0 unspecified atom stereocenters. The number of hydrogen-bond donors (Lipinski definition) is 1. The minimum atomic E-state index is -0.671. The minimum absolute atomic E-state index is 0.0641. The molecular formula is C21H30N2O4. The van der Waals surface area contributed by atoms with Crippen molar-refractivity contribution in [2.24, 2.45) is 0 Å². The van der Waals surface area contributed by atoms with E-state index in [-0.39, 0.29) is 24.5 Å². The fourth-order valence-electron chi connectivity index (χ4n) is 4.01. The summed E-state index contributed by atoms with van der Waals surface area (Å²) >= 11 is 0. The van der Waals surface area contributed by atoms with Crippen LogP contribution >= 0.6 is 0 Å². The van der Waals surface area contributed by atoms with Gasteiger partial charge in [0.25, 0.3) is 5.91 Å². The Balaban J connectivity index is 1.92. The Labute approximate surface area is 161 Å². The van der Waals surface area contributed by atoms with Crippen LogP contribution in [0, 0.1) is 0 Å². The van der Waals surface area contributed by atoms with Crippen molar-refractivity contribution in [2.75, 3.05) is 13.7 Å². The molecular weight excluding hydrogens is 344 g/mol. The molecule has 6 heteroatoms. The summed E-state index contributed by atoms with van der Waals surface area (Å²) in [6.45, 7) is 4.24. The van der Waals surface area contributed by atoms with E-state index in [1.165, 1.54) is 0 Å². The third-order valence-electron chi connectivity index (χ3n) is 5.73. The second-order valence-corrected chi connectivity index (χ2v) is 7.56. The Morgan fingerprint density at radius 2 is 2.07 bits per heavy atom. The van der Waals surface area contributed by atoms with Gasteiger partial charge in [-0.2, -0.15) is 0 Å². The highest BCUT2D eigenvalue weighted by atomic mass is 16.5. The Morgan fingerprint density at radius 3 is 2.74 bits per heavy atom. The van der Waals surface area contributed by atoms with Crippen molar-refractivity contribution in [2.45, 2.75) is 70.2 Å². The molecule has 1 aliphatic carbocycles. The number of nitrogens with one attached hydrogen (secondary N) is 1. The van der Waals surface area contributed by atoms with Crippen molar-refractivity contribution in [3.05, 3.63) is 29.8 Å². The highest BCUT2D eigenvalue weighted by Gasteiger charge is 2.53. The lowest BCUT2D eigenvalue weighted by molar-refractivity contribution is -0.127. The van der Waals surface area contributed by atoms with Crippen molar-refractivity contribution in [3.8, 4) is 5.75 Å². The number of carbonyl (C=O) groups is 2. The van der Waals surface area contributed by atoms with Crippen molar-refractivity contribution >= 4 is 11.8 Å². The summed E-state index contributed by atoms with van der Waals surface area (Å²) in [5.41, 5.74) is -0.151. The summed E-state index contributed by atoms with van der Waals surface area (Å²) in [4.78, 5) is 28.1. The third-order valence-corrected chi connectivity index (χ3v) is 5.73. The molecule has 2 amide bonds. The maximum Gasteiger partial charge on any atom is 0.257 e. The van der Waals surface area contributed by atoms with E-state index in [4.69, 9.17) is 9.47 Å². The lowest BCUT2D eigenvalue weighted by Gasteiger charge is -2.41. The molecule has 1 N–H and O–H groups in total. The number of rotatable bonds is 5. The van der Waals surface area contributed by atoms with E-state index in [9.17, 15) is 9.59 Å². The van der Waals surface area contributed by atoms with Crippen molar-refractivity contribution in [1.82, 2.24) is 10.2 Å². The van der Waals surface area contributed by atoms with Crippen LogP contribution in [0.15, 0.2) is 24.3 Å². The quantitative estimate of drug-likeness (QED) is 0.860. The number of ether oxygens (including phenoxy) is 2. The number of nitrogens with zero attached hydrogens (tertiary/aromatic N) is 1. The van der Waals surface area contributed by atoms with E-state index >= 15 is 0 Å². The molecule has 3 rings (SSSR count). The van der Waals surface area contributed by atoms with Crippen LogP contribution in [-0.2, 0) is 9.53 Å². The molecule has 2 aliphatic rings. The van der Waals surface area contributed by atoms with Crippen LogP contribution in [0.25, 0.3) is 0 Å². The van der Waals surface area contributed by atoms with Gasteiger partial charge in [-0.25, -0.2) is 0 Å². The van der Waals surface area contributed by atoms with Gasteiger partial charge in [0, 0.05) is 11.6 Å². The lowest BCUT2D eigenvalue weighted by Crippen LogP contribution is -2.57. The van der Waals surface area contributed by atoms with Gasteiger partial charge < -0.3 is 14.8 Å². The molecule has 0 radical (unpaired) electrons. The number of carbonyl (C=O) groups excluding carboxylic acids is 2. The van der Waals surface area contributed by atoms with E-state index in [1.807, 2.05) is 13.8 Å². The van der Waals surface area contributed by atoms with Crippen LogP contribution in [0.2, 0.25) is 0 Å². The zero-order valence-corrected chi connectivity index (χ0v) is 16.5. The lowest BCUT2D eigenvalue weighted by atomic mass is 9.89. The van der Waals surface area contributed by atoms with Crippen LogP contribution < -0.4 is 10.1 Å². The predicted octanol–water partition coefficient (Wildman–Crippen LogP) is 3.11. The van der Waals surface area contributed by atoms with Gasteiger partial charge in [-0.15, -0.1) is 0 Å². The molecule has 148 valence electrons. The molecule has 1 heterocycles. The van der Waals surface area contributed by atoms with Crippen molar-refractivity contribution in [3.63, 3.8) is 0 Å². The molecule has 2 fully saturated rings. The van der Waals surface area contributed by atoms with Gasteiger partial charge in [0.05, 0.1) is 13.7 Å². The Bertz CT molecular complexity index is 685. The largest absolute Gasteiger partial charge is 0.497 e. The van der Waals surface area contributed by atoms with E-state index in [0.29, 0.717) is 11.3 Å². The molecule has 1 aromatic rings. The predicted molar refractivity (Wildman–Crippen MR) is 103 cm³/mol. The first-order valence-electron chi connectivity index (χ1n) is 9.93. The fourth-order valence-corrected chi connectivity index (χ4v) is 4.01. The zero-order valence-electron chi connectivity index (χ0n) is 16.5. The molecule has 27 heavy (non-hydrogen) atoms. The van der Waals surface area contributed by atoms with E-state index in [1.54, 1.807) is 36.3 Å². The summed E-state index contributed by atoms with van der Waals surface area (Å²) in [6, 6.07) is 6.56. The number of benzene rings is 1. The van der Waals surface area contributed by atoms with Crippen LogP contribution in [0.1, 0.15) is 62.7 Å². The van der Waals surface area contributed by atoms with Gasteiger partial charge in [0.15, 0.2) is 0 Å². The summed E-state index contributed by atoms with van der Waals surface area (Å²) in [5, 5.41) is 3.01. The molecule has 0 bridgehead atoms. The van der Waals surface area contributed by atoms with E-state index in [2.05, 4.69) is 5.32 Å². The molecule has 1 aromatic carbocycles. The molecule has 6 nitrogen and oxygen atoms in total. The standard InChI is InChI=1S/C21H30N2O4/c1-4-15(2)22-19(24)18-14-27-21(11-6-5-7-12-21)23(18)20(25)16-9-8-10-17(13-16)26-3/h8-10,13,15,18H,4-7,11-12,14H2,1-3H3,(H,22,24)/t15-,18-/m1/s1. The van der Waals surface area contributed by atoms with Gasteiger partial charge in [0.2, 0.25) is 5.91 Å². The maximum atomic E-state index is 13.5. The smallest absolute Gasteiger partial charge is 0.257 e. The number of hydrogen-bond acceptors (Lipinski definition) is 4. The normalized spacial score (nSPS) is 22.5. The first-order chi connectivity index (χ1) is 13.0. The van der Waals surface area contributed by atoms with Crippen LogP contribution in [-0.4, -0.2) is 48.2 Å². The summed E-state index contributed by atoms with van der Waals surface area (Å²) in [5.74, 6) is 0.319. The Kier molecular flexibility index (Phi) is 6.05. The highest BCUT2D eigenvalue weighted by Crippen LogP contribution is 2.41. The van der Waals surface area contributed by atoms with Crippen molar-refractivity contribution in [1.29, 1.82) is 0 Å². The third kappa shape index (κ3) is 3.95. The molecule has 1 aliphatic heterocycles. The monoisotopic (exact) mass is 374 g/mol. The van der Waals surface area contributed by atoms with Gasteiger partial charge in [-0.1, -0.05) is 19.4 Å². The fraction of sp³-hybridized carbons (Fsp3) is 0.619. The molecule has 1 spiro atoms. The molecule has 2 atom stereocenters. The average molecular weight is 374 g/mol. The van der Waals surface area contributed by atoms with Gasteiger partial charge >= 0.3 is 0 Å². The van der Waals surface area contributed by atoms with Crippen LogP contribution in [0.5, 0.6) is 5.75 Å². The molecule has 0 aromatic heterocycles. The first kappa shape index (κ1) is 19.7. The van der Waals surface area contributed by atoms with Crippen LogP contribution in [0.4, 0.5) is 0 Å². The topological polar surface area (TPSA) is 67.9 Å². The average Bonchev–Trinajstić information content (AvgIpc) is 3.06. The van der Waals surface area contributed by atoms with Gasteiger partial charge in [-0.05, 0) is 57.2 Å². The Hall–Kier alpha value is -2.08. The Morgan fingerprint density at radius 1 is 1.33 bits per heavy atom. The number of amides is 2. The van der Waals surface area contributed by atoms with E-state index in [0.717, 1.165) is 38.5 Å². The van der Waals surface area contributed by atoms with Crippen molar-refractivity contribution < 1.29 is 19.1 Å². The van der Waals surface area contributed by atoms with Gasteiger partial charge in [0.1, 0.15) is 17.5 Å². The maximum absolute atomic E-state index is 13.5. The minimum Gasteiger partial charge on any atom is -0.497 e. The second-order valence-electron chi connectivity index (χ2n) is 7.56. The first-order valence-corrected chi connectivity index (χ1v) is 9.93. The highest BCUT2D eigenvalue weighted by molar-refractivity contribution is 5.98. The van der Waals surface area contributed by atoms with Crippen LogP contribution in [0.3, 0.4) is 0 Å². The molecule has 1 saturated carbocycles. The summed E-state index contributed by atoms with van der Waals surface area (Å²) in [6.07, 6.45) is 5.53. The second kappa shape index (κ2) is 8.30. The van der Waals surface area contributed by atoms with Gasteiger partial charge in [-0.3, -0.25) is 14.5 Å². The summed E-state index contributed by atoms with van der Waals surface area (Å²) < 4.78 is 11.4.